The van der Waals surface area contributed by atoms with Crippen LogP contribution in [0.1, 0.15) is 18.9 Å². The molecule has 0 unspecified atom stereocenters. The summed E-state index contributed by atoms with van der Waals surface area (Å²) in [4.78, 5) is 22.0. The van der Waals surface area contributed by atoms with Gasteiger partial charge in [0.05, 0.1) is 24.3 Å². The van der Waals surface area contributed by atoms with Crippen LogP contribution in [0.4, 0.5) is 0 Å². The number of phosphoric acid groups is 1. The van der Waals surface area contributed by atoms with E-state index in [0.717, 1.165) is 5.56 Å². The Morgan fingerprint density at radius 3 is 2.29 bits per heavy atom. The Bertz CT molecular complexity index is 1000. The lowest BCUT2D eigenvalue weighted by Gasteiger charge is -2.60. The van der Waals surface area contributed by atoms with Gasteiger partial charge in [-0.25, -0.2) is 4.57 Å². The number of rotatable bonds is 9. The predicted octanol–water partition coefficient (Wildman–Crippen LogP) is -2.57. The summed E-state index contributed by atoms with van der Waals surface area (Å²) in [6.07, 6.45) is -6.18. The lowest BCUT2D eigenvalue weighted by molar-refractivity contribution is -0.482. The summed E-state index contributed by atoms with van der Waals surface area (Å²) in [7, 11) is -1.58. The van der Waals surface area contributed by atoms with Crippen LogP contribution in [0.2, 0.25) is 0 Å². The maximum absolute atomic E-state index is 11.7. The quantitative estimate of drug-likeness (QED) is 0.0853. The fourth-order valence-corrected chi connectivity index (χ4v) is 5.58. The standard InChI is InChI=1S/C22H36N3O12P/c1-11-8-21(28,10-25-9-12-4-6-13(7-5-12)36-37-38(30,31)32)22(29)20(33-11)34-19-17(27)14(23-2)16(26)15(24-3)18(19)35-22/h4-7,11,14-20,23-29H,8-10H2,1-3H3,(H2,30,31,32)/t11-,14-,15+,16+,17+,18-,19-,20+,21-,22-/m1/s1. The zero-order valence-corrected chi connectivity index (χ0v) is 22.0. The molecule has 4 rings (SSSR count). The molecule has 1 aliphatic carbocycles. The second kappa shape index (κ2) is 11.3. The van der Waals surface area contributed by atoms with Gasteiger partial charge >= 0.3 is 7.82 Å². The van der Waals surface area contributed by atoms with Gasteiger partial charge in [-0.1, -0.05) is 16.8 Å². The highest BCUT2D eigenvalue weighted by molar-refractivity contribution is 7.46. The van der Waals surface area contributed by atoms with Crippen LogP contribution in [0, 0.1) is 0 Å². The molecule has 3 fully saturated rings. The lowest BCUT2D eigenvalue weighted by Crippen LogP contribution is -2.81. The largest absolute Gasteiger partial charge is 0.505 e. The number of hydrogen-bond donors (Lipinski definition) is 9. The summed E-state index contributed by atoms with van der Waals surface area (Å²) in [6, 6.07) is 4.64. The molecule has 0 spiro atoms. The summed E-state index contributed by atoms with van der Waals surface area (Å²) in [5.41, 5.74) is -1.15. The average molecular weight is 566 g/mol. The molecule has 15 nitrogen and oxygen atoms in total. The molecule has 0 radical (unpaired) electrons. The minimum atomic E-state index is -4.79. The Morgan fingerprint density at radius 1 is 1.03 bits per heavy atom. The van der Waals surface area contributed by atoms with Gasteiger partial charge in [-0.3, -0.25) is 0 Å². The van der Waals surface area contributed by atoms with Crippen LogP contribution >= 0.6 is 7.82 Å². The van der Waals surface area contributed by atoms with Crippen molar-refractivity contribution in [1.82, 2.24) is 16.0 Å². The smallest absolute Gasteiger partial charge is 0.390 e. The third-order valence-electron chi connectivity index (χ3n) is 7.25. The first kappa shape index (κ1) is 29.7. The van der Waals surface area contributed by atoms with Crippen molar-refractivity contribution in [3.05, 3.63) is 29.8 Å². The van der Waals surface area contributed by atoms with Gasteiger partial charge in [-0.2, -0.15) is 0 Å². The van der Waals surface area contributed by atoms with Gasteiger partial charge in [0.1, 0.15) is 23.9 Å². The summed E-state index contributed by atoms with van der Waals surface area (Å²) in [5, 5.41) is 53.9. The number of aliphatic hydroxyl groups is 4. The average Bonchev–Trinajstić information content (AvgIpc) is 2.84. The number of hydrogen-bond acceptors (Lipinski definition) is 13. The summed E-state index contributed by atoms with van der Waals surface area (Å²) in [5.74, 6) is -2.25. The maximum atomic E-state index is 11.7. The highest BCUT2D eigenvalue weighted by Gasteiger charge is 2.68. The highest BCUT2D eigenvalue weighted by atomic mass is 31.2. The second-order valence-electron chi connectivity index (χ2n) is 9.90. The minimum absolute atomic E-state index is 0.00525. The van der Waals surface area contributed by atoms with E-state index in [1.54, 1.807) is 33.2 Å². The fourth-order valence-electron chi connectivity index (χ4n) is 5.40. The number of benzene rings is 1. The van der Waals surface area contributed by atoms with Crippen LogP contribution in [-0.2, 0) is 30.0 Å². The Balaban J connectivity index is 1.46. The number of likely N-dealkylation sites (N-methyl/N-ethyl adjacent to an activating group) is 2. The Kier molecular flexibility index (Phi) is 8.84. The third-order valence-corrected chi connectivity index (χ3v) is 7.52. The van der Waals surface area contributed by atoms with Crippen molar-refractivity contribution >= 4 is 7.82 Å². The molecule has 2 saturated heterocycles. The molecule has 38 heavy (non-hydrogen) atoms. The van der Waals surface area contributed by atoms with Crippen LogP contribution in [0.25, 0.3) is 0 Å². The van der Waals surface area contributed by atoms with Crippen molar-refractivity contribution in [3.63, 3.8) is 0 Å². The molecule has 2 aliphatic heterocycles. The van der Waals surface area contributed by atoms with Crippen LogP contribution in [-0.4, -0.2) is 111 Å². The molecule has 10 atom stereocenters. The van der Waals surface area contributed by atoms with E-state index < -0.39 is 68.1 Å². The van der Waals surface area contributed by atoms with E-state index in [2.05, 4.69) is 25.5 Å². The molecule has 1 aromatic carbocycles. The number of nitrogens with one attached hydrogen (secondary N) is 3. The molecular formula is C22H36N3O12P. The zero-order chi connectivity index (χ0) is 27.9. The Morgan fingerprint density at radius 2 is 1.68 bits per heavy atom. The first-order chi connectivity index (χ1) is 17.8. The van der Waals surface area contributed by atoms with Crippen LogP contribution < -0.4 is 20.8 Å². The predicted molar refractivity (Wildman–Crippen MR) is 128 cm³/mol. The van der Waals surface area contributed by atoms with E-state index in [0.29, 0.717) is 0 Å². The SMILES string of the molecule is CN[C@@H]1[C@H](O)[C@H](NC)[C@H]2O[C@]3(O)[C@H](O[C@@H]2[C@H]1O)O[C@H](C)C[C@@]3(O)CNCc1ccc(OOP(=O)(O)O)cc1. The van der Waals surface area contributed by atoms with Crippen molar-refractivity contribution in [2.75, 3.05) is 20.6 Å². The minimum Gasteiger partial charge on any atom is -0.390 e. The van der Waals surface area contributed by atoms with E-state index in [4.69, 9.17) is 24.0 Å². The first-order valence-electron chi connectivity index (χ1n) is 12.2. The van der Waals surface area contributed by atoms with Gasteiger partial charge in [-0.05, 0) is 38.7 Å². The molecular weight excluding hydrogens is 529 g/mol. The molecule has 0 bridgehead atoms. The molecule has 0 aromatic heterocycles. The highest BCUT2D eigenvalue weighted by Crippen LogP contribution is 2.46. The van der Waals surface area contributed by atoms with Crippen LogP contribution in [0.15, 0.2) is 24.3 Å². The van der Waals surface area contributed by atoms with Crippen molar-refractivity contribution in [1.29, 1.82) is 0 Å². The normalized spacial score (nSPS) is 41.3. The molecule has 3 aliphatic rings. The molecule has 9 N–H and O–H groups in total. The molecule has 16 heteroatoms. The van der Waals surface area contributed by atoms with E-state index in [-0.39, 0.29) is 25.3 Å². The van der Waals surface area contributed by atoms with Gasteiger partial charge in [0, 0.05) is 19.5 Å². The topological polar surface area (TPSA) is 221 Å². The summed E-state index contributed by atoms with van der Waals surface area (Å²) in [6.45, 7) is 1.82. The maximum Gasteiger partial charge on any atom is 0.505 e. The number of ether oxygens (including phenoxy) is 3. The monoisotopic (exact) mass is 565 g/mol. The molecule has 2 heterocycles. The first-order valence-corrected chi connectivity index (χ1v) is 13.7. The molecule has 1 aromatic rings. The van der Waals surface area contributed by atoms with Gasteiger partial charge < -0.3 is 65.3 Å². The summed E-state index contributed by atoms with van der Waals surface area (Å²) < 4.78 is 32.6. The lowest BCUT2D eigenvalue weighted by atomic mass is 9.77. The van der Waals surface area contributed by atoms with E-state index in [1.165, 1.54) is 12.1 Å². The number of aliphatic hydroxyl groups excluding tert-OH is 2. The Labute approximate surface area is 219 Å². The van der Waals surface area contributed by atoms with Gasteiger partial charge in [0.2, 0.25) is 12.1 Å². The van der Waals surface area contributed by atoms with Crippen molar-refractivity contribution in [2.45, 2.75) is 80.2 Å². The van der Waals surface area contributed by atoms with Crippen molar-refractivity contribution in [2.24, 2.45) is 0 Å². The van der Waals surface area contributed by atoms with Crippen molar-refractivity contribution < 1.29 is 58.6 Å². The Hall–Kier alpha value is -1.27. The van der Waals surface area contributed by atoms with Gasteiger partial charge in [-0.15, -0.1) is 0 Å². The van der Waals surface area contributed by atoms with Crippen LogP contribution in [0.5, 0.6) is 5.75 Å². The molecule has 1 saturated carbocycles. The number of fused-ring (bicyclic) bond motifs is 2. The second-order valence-corrected chi connectivity index (χ2v) is 11.0. The zero-order valence-electron chi connectivity index (χ0n) is 21.1. The summed E-state index contributed by atoms with van der Waals surface area (Å²) >= 11 is 0. The van der Waals surface area contributed by atoms with E-state index in [9.17, 15) is 25.0 Å². The fraction of sp³-hybridized carbons (Fsp3) is 0.727. The van der Waals surface area contributed by atoms with Crippen LogP contribution in [0.3, 0.4) is 0 Å². The molecule has 0 amide bonds. The van der Waals surface area contributed by atoms with E-state index >= 15 is 0 Å². The molecule has 216 valence electrons. The van der Waals surface area contributed by atoms with Crippen molar-refractivity contribution in [3.8, 4) is 5.75 Å². The van der Waals surface area contributed by atoms with Gasteiger partial charge in [0.25, 0.3) is 0 Å². The van der Waals surface area contributed by atoms with Gasteiger partial charge in [0.15, 0.2) is 5.75 Å². The third kappa shape index (κ3) is 5.77. The van der Waals surface area contributed by atoms with E-state index in [1.807, 2.05) is 0 Å².